The molecule has 17 heavy (non-hydrogen) atoms. The van der Waals surface area contributed by atoms with Crippen molar-refractivity contribution in [3.05, 3.63) is 0 Å². The lowest BCUT2D eigenvalue weighted by molar-refractivity contribution is 0.819. The Morgan fingerprint density at radius 2 is 1.00 bits per heavy atom. The van der Waals surface area contributed by atoms with Crippen molar-refractivity contribution in [2.45, 2.75) is 78.8 Å². The largest absolute Gasteiger partial charge is 0.870 e. The molecule has 0 rings (SSSR count). The van der Waals surface area contributed by atoms with E-state index in [9.17, 15) is 0 Å². The number of hydrogen-bond acceptors (Lipinski definition) is 1. The first-order chi connectivity index (χ1) is 7.63. The van der Waals surface area contributed by atoms with Crippen molar-refractivity contribution < 1.29 is 5.48 Å². The van der Waals surface area contributed by atoms with E-state index in [0.29, 0.717) is 0 Å². The standard InChI is InChI=1S/C15H34P.H2O/c1-6-9-12-16(15(4)5,13-10-7-2)14-11-8-3;/h15H,6-14H2,1-5H3;1H2/q+1;/p-1. The third-order valence-corrected chi connectivity index (χ3v) is 9.78. The lowest BCUT2D eigenvalue weighted by atomic mass is 10.4. The van der Waals surface area contributed by atoms with Gasteiger partial charge in [-0.2, -0.15) is 0 Å². The van der Waals surface area contributed by atoms with Crippen molar-refractivity contribution >= 4 is 7.26 Å². The summed E-state index contributed by atoms with van der Waals surface area (Å²) in [6, 6.07) is 0. The van der Waals surface area contributed by atoms with Crippen molar-refractivity contribution in [3.63, 3.8) is 0 Å². The minimum atomic E-state index is -0.618. The number of unbranched alkanes of at least 4 members (excludes halogenated alkanes) is 3. The summed E-state index contributed by atoms with van der Waals surface area (Å²) in [5.74, 6) is 0. The van der Waals surface area contributed by atoms with Gasteiger partial charge in [0.15, 0.2) is 0 Å². The van der Waals surface area contributed by atoms with Crippen LogP contribution in [0.1, 0.15) is 73.1 Å². The molecule has 0 saturated carbocycles. The molecule has 0 heterocycles. The van der Waals surface area contributed by atoms with Crippen LogP contribution in [0.15, 0.2) is 0 Å². The van der Waals surface area contributed by atoms with Crippen LogP contribution in [0.2, 0.25) is 0 Å². The fourth-order valence-corrected chi connectivity index (χ4v) is 7.59. The van der Waals surface area contributed by atoms with E-state index in [1.54, 1.807) is 18.5 Å². The first-order valence-electron chi connectivity index (χ1n) is 7.48. The fraction of sp³-hybridized carbons (Fsp3) is 1.00. The highest BCUT2D eigenvalue weighted by molar-refractivity contribution is 7.76. The van der Waals surface area contributed by atoms with Gasteiger partial charge in [0.05, 0.1) is 24.1 Å². The summed E-state index contributed by atoms with van der Waals surface area (Å²) in [5.41, 5.74) is 0.970. The molecule has 0 fully saturated rings. The zero-order valence-electron chi connectivity index (χ0n) is 12.8. The van der Waals surface area contributed by atoms with E-state index in [1.807, 2.05) is 0 Å². The van der Waals surface area contributed by atoms with Crippen LogP contribution >= 0.6 is 7.26 Å². The zero-order chi connectivity index (χ0) is 12.4. The van der Waals surface area contributed by atoms with Crippen LogP contribution in [-0.4, -0.2) is 29.6 Å². The molecule has 0 radical (unpaired) electrons. The van der Waals surface area contributed by atoms with Crippen molar-refractivity contribution in [3.8, 4) is 0 Å². The second kappa shape index (κ2) is 11.5. The van der Waals surface area contributed by atoms with E-state index in [1.165, 1.54) is 38.5 Å². The third-order valence-electron chi connectivity index (χ3n) is 3.97. The molecule has 0 aliphatic rings. The van der Waals surface area contributed by atoms with Crippen LogP contribution in [0, 0.1) is 0 Å². The fourth-order valence-electron chi connectivity index (χ4n) is 2.53. The smallest absolute Gasteiger partial charge is 0.0641 e. The molecular formula is C15H35OP. The lowest BCUT2D eigenvalue weighted by Gasteiger charge is -2.31. The predicted molar refractivity (Wildman–Crippen MR) is 83.3 cm³/mol. The van der Waals surface area contributed by atoms with E-state index in [2.05, 4.69) is 34.6 Å². The van der Waals surface area contributed by atoms with E-state index >= 15 is 0 Å². The van der Waals surface area contributed by atoms with Crippen molar-refractivity contribution in [2.24, 2.45) is 0 Å². The molecule has 0 aromatic rings. The van der Waals surface area contributed by atoms with Gasteiger partial charge in [0.1, 0.15) is 0 Å². The Kier molecular flexibility index (Phi) is 13.3. The van der Waals surface area contributed by atoms with Gasteiger partial charge >= 0.3 is 0 Å². The third kappa shape index (κ3) is 7.42. The first-order valence-corrected chi connectivity index (χ1v) is 9.90. The van der Waals surface area contributed by atoms with Crippen LogP contribution in [0.4, 0.5) is 0 Å². The highest BCUT2D eigenvalue weighted by Gasteiger charge is 2.38. The van der Waals surface area contributed by atoms with Gasteiger partial charge in [0, 0.05) is 7.26 Å². The molecule has 106 valence electrons. The molecule has 0 spiro atoms. The number of rotatable bonds is 10. The van der Waals surface area contributed by atoms with Crippen LogP contribution < -0.4 is 0 Å². The summed E-state index contributed by atoms with van der Waals surface area (Å²) in [6.45, 7) is 12.0. The van der Waals surface area contributed by atoms with Gasteiger partial charge in [0.2, 0.25) is 0 Å². The van der Waals surface area contributed by atoms with Crippen LogP contribution in [0.25, 0.3) is 0 Å². The molecule has 0 aliphatic heterocycles. The molecule has 2 heteroatoms. The van der Waals surface area contributed by atoms with Gasteiger partial charge in [-0.3, -0.25) is 0 Å². The molecule has 0 atom stereocenters. The Balaban J connectivity index is 0. The summed E-state index contributed by atoms with van der Waals surface area (Å²) in [6.07, 6.45) is 13.3. The molecule has 0 aromatic carbocycles. The Bertz CT molecular complexity index is 135. The predicted octanol–water partition coefficient (Wildman–Crippen LogP) is 5.64. The second-order valence-corrected chi connectivity index (χ2v) is 10.4. The first kappa shape index (κ1) is 19.7. The average Bonchev–Trinajstić information content (AvgIpc) is 2.28. The van der Waals surface area contributed by atoms with Gasteiger partial charge in [-0.1, -0.05) is 40.0 Å². The van der Waals surface area contributed by atoms with E-state index in [-0.39, 0.29) is 5.48 Å². The molecule has 0 unspecified atom stereocenters. The van der Waals surface area contributed by atoms with Crippen LogP contribution in [0.5, 0.6) is 0 Å². The second-order valence-electron chi connectivity index (χ2n) is 5.54. The Labute approximate surface area is 110 Å². The van der Waals surface area contributed by atoms with Gasteiger partial charge in [0.25, 0.3) is 0 Å². The molecule has 0 aromatic heterocycles. The van der Waals surface area contributed by atoms with Gasteiger partial charge in [-0.15, -0.1) is 0 Å². The highest BCUT2D eigenvalue weighted by atomic mass is 31.2. The molecule has 0 bridgehead atoms. The van der Waals surface area contributed by atoms with Crippen molar-refractivity contribution in [2.75, 3.05) is 18.5 Å². The SMILES string of the molecule is CCCC[P+](CCCC)(CCCC)C(C)C.[OH-]. The maximum Gasteiger partial charge on any atom is 0.0641 e. The Hall–Kier alpha value is 0.390. The summed E-state index contributed by atoms with van der Waals surface area (Å²) < 4.78 is 0. The summed E-state index contributed by atoms with van der Waals surface area (Å²) in [7, 11) is -0.618. The molecule has 1 nitrogen and oxygen atoms in total. The topological polar surface area (TPSA) is 30.0 Å². The van der Waals surface area contributed by atoms with Gasteiger partial charge in [-0.25, -0.2) is 0 Å². The molecule has 0 amide bonds. The summed E-state index contributed by atoms with van der Waals surface area (Å²) >= 11 is 0. The van der Waals surface area contributed by atoms with E-state index in [0.717, 1.165) is 5.66 Å². The monoisotopic (exact) mass is 262 g/mol. The highest BCUT2D eigenvalue weighted by Crippen LogP contribution is 2.64. The quantitative estimate of drug-likeness (QED) is 0.469. The van der Waals surface area contributed by atoms with Gasteiger partial charge < -0.3 is 5.48 Å². The van der Waals surface area contributed by atoms with E-state index < -0.39 is 7.26 Å². The normalized spacial score (nSPS) is 11.6. The number of hydrogen-bond donors (Lipinski definition) is 0. The molecule has 0 saturated heterocycles. The molecule has 0 aliphatic carbocycles. The average molecular weight is 262 g/mol. The molecular weight excluding hydrogens is 227 g/mol. The maximum atomic E-state index is 2.49. The minimum absolute atomic E-state index is 0. The summed E-state index contributed by atoms with van der Waals surface area (Å²) in [5, 5.41) is 0. The minimum Gasteiger partial charge on any atom is -0.870 e. The Morgan fingerprint density at radius 3 is 1.18 bits per heavy atom. The molecule has 1 N–H and O–H groups in total. The zero-order valence-corrected chi connectivity index (χ0v) is 13.7. The maximum absolute atomic E-state index is 2.49. The van der Waals surface area contributed by atoms with Crippen molar-refractivity contribution in [1.82, 2.24) is 0 Å². The van der Waals surface area contributed by atoms with Gasteiger partial charge in [-0.05, 0) is 33.1 Å². The van der Waals surface area contributed by atoms with Crippen LogP contribution in [-0.2, 0) is 0 Å². The van der Waals surface area contributed by atoms with E-state index in [4.69, 9.17) is 0 Å². The summed E-state index contributed by atoms with van der Waals surface area (Å²) in [4.78, 5) is 0. The Morgan fingerprint density at radius 1 is 0.706 bits per heavy atom. The van der Waals surface area contributed by atoms with Crippen LogP contribution in [0.3, 0.4) is 0 Å². The van der Waals surface area contributed by atoms with Crippen molar-refractivity contribution in [1.29, 1.82) is 0 Å². The lowest BCUT2D eigenvalue weighted by Crippen LogP contribution is -2.17.